The van der Waals surface area contributed by atoms with Gasteiger partial charge in [0.1, 0.15) is 0 Å². The van der Waals surface area contributed by atoms with Gasteiger partial charge in [-0.15, -0.1) is 11.3 Å². The van der Waals surface area contributed by atoms with Gasteiger partial charge in [0.2, 0.25) is 12.7 Å². The molecule has 1 amide bonds. The number of thiazole rings is 1. The Balaban J connectivity index is 1.36. The van der Waals surface area contributed by atoms with Crippen molar-refractivity contribution in [2.45, 2.75) is 31.8 Å². The molecule has 1 atom stereocenters. The van der Waals surface area contributed by atoms with Gasteiger partial charge in [-0.3, -0.25) is 4.79 Å². The number of carbonyl (C=O) groups is 1. The molecular weight excluding hydrogens is 328 g/mol. The zero-order valence-electron chi connectivity index (χ0n) is 13.1. The number of amides is 1. The van der Waals surface area contributed by atoms with Crippen LogP contribution in [0.4, 0.5) is 5.13 Å². The van der Waals surface area contributed by atoms with Crippen molar-refractivity contribution in [2.75, 3.05) is 18.7 Å². The molecule has 1 fully saturated rings. The maximum atomic E-state index is 12.0. The second-order valence-electron chi connectivity index (χ2n) is 5.83. The Kier molecular flexibility index (Phi) is 4.36. The molecule has 1 saturated heterocycles. The summed E-state index contributed by atoms with van der Waals surface area (Å²) in [5, 5.41) is 5.40. The molecule has 2 aromatic rings. The number of rotatable bonds is 5. The Morgan fingerprint density at radius 1 is 1.33 bits per heavy atom. The molecule has 7 heteroatoms. The van der Waals surface area contributed by atoms with E-state index in [1.165, 1.54) is 11.3 Å². The first-order valence-electron chi connectivity index (χ1n) is 8.05. The lowest BCUT2D eigenvalue weighted by atomic mass is 10.1. The molecule has 2 aliphatic heterocycles. The number of anilines is 1. The van der Waals surface area contributed by atoms with Crippen LogP contribution in [0.25, 0.3) is 11.3 Å². The minimum atomic E-state index is -0.0166. The third-order valence-corrected chi connectivity index (χ3v) is 4.89. The molecule has 1 aromatic carbocycles. The molecule has 1 unspecified atom stereocenters. The van der Waals surface area contributed by atoms with E-state index in [1.807, 2.05) is 23.6 Å². The highest BCUT2D eigenvalue weighted by molar-refractivity contribution is 7.14. The van der Waals surface area contributed by atoms with E-state index in [4.69, 9.17) is 14.2 Å². The lowest BCUT2D eigenvalue weighted by Gasteiger charge is -2.08. The summed E-state index contributed by atoms with van der Waals surface area (Å²) in [7, 11) is 0. The minimum Gasteiger partial charge on any atom is -0.454 e. The van der Waals surface area contributed by atoms with Crippen LogP contribution in [0.15, 0.2) is 23.6 Å². The molecule has 0 radical (unpaired) electrons. The first-order chi connectivity index (χ1) is 11.8. The quantitative estimate of drug-likeness (QED) is 0.898. The van der Waals surface area contributed by atoms with E-state index in [1.54, 1.807) is 0 Å². The monoisotopic (exact) mass is 346 g/mol. The number of benzene rings is 1. The number of nitrogens with one attached hydrogen (secondary N) is 1. The van der Waals surface area contributed by atoms with Crippen LogP contribution in [-0.4, -0.2) is 30.4 Å². The van der Waals surface area contributed by atoms with E-state index in [2.05, 4.69) is 10.3 Å². The SMILES string of the molecule is O=C(CCC1CCCO1)Nc1nc(-c2ccc3c(c2)OCO3)cs1. The molecule has 126 valence electrons. The van der Waals surface area contributed by atoms with Crippen LogP contribution in [0.3, 0.4) is 0 Å². The lowest BCUT2D eigenvalue weighted by molar-refractivity contribution is -0.116. The van der Waals surface area contributed by atoms with Crippen molar-refractivity contribution in [1.29, 1.82) is 0 Å². The lowest BCUT2D eigenvalue weighted by Crippen LogP contribution is -2.15. The van der Waals surface area contributed by atoms with Crippen molar-refractivity contribution in [2.24, 2.45) is 0 Å². The van der Waals surface area contributed by atoms with Gasteiger partial charge in [0.05, 0.1) is 11.8 Å². The zero-order chi connectivity index (χ0) is 16.4. The van der Waals surface area contributed by atoms with Crippen molar-refractivity contribution in [1.82, 2.24) is 4.98 Å². The highest BCUT2D eigenvalue weighted by Crippen LogP contribution is 2.36. The largest absolute Gasteiger partial charge is 0.454 e. The molecule has 0 aliphatic carbocycles. The molecule has 2 aliphatic rings. The van der Waals surface area contributed by atoms with Gasteiger partial charge in [0.25, 0.3) is 0 Å². The Bertz CT molecular complexity index is 740. The Labute approximate surface area is 143 Å². The van der Waals surface area contributed by atoms with Crippen LogP contribution in [0.2, 0.25) is 0 Å². The average Bonchev–Trinajstić information content (AvgIpc) is 3.33. The molecule has 1 N–H and O–H groups in total. The van der Waals surface area contributed by atoms with Crippen LogP contribution in [0.5, 0.6) is 11.5 Å². The van der Waals surface area contributed by atoms with E-state index >= 15 is 0 Å². The Morgan fingerprint density at radius 2 is 2.25 bits per heavy atom. The zero-order valence-corrected chi connectivity index (χ0v) is 13.9. The van der Waals surface area contributed by atoms with E-state index in [-0.39, 0.29) is 18.8 Å². The van der Waals surface area contributed by atoms with Crippen LogP contribution in [0.1, 0.15) is 25.7 Å². The Hall–Kier alpha value is -2.12. The first-order valence-corrected chi connectivity index (χ1v) is 8.93. The summed E-state index contributed by atoms with van der Waals surface area (Å²) in [6, 6.07) is 5.71. The van der Waals surface area contributed by atoms with Crippen LogP contribution >= 0.6 is 11.3 Å². The molecule has 3 heterocycles. The van der Waals surface area contributed by atoms with E-state index in [0.29, 0.717) is 11.6 Å². The molecule has 0 spiro atoms. The van der Waals surface area contributed by atoms with Gasteiger partial charge in [-0.25, -0.2) is 4.98 Å². The summed E-state index contributed by atoms with van der Waals surface area (Å²) in [5.74, 6) is 1.45. The van der Waals surface area contributed by atoms with Gasteiger partial charge in [-0.1, -0.05) is 0 Å². The van der Waals surface area contributed by atoms with Crippen molar-refractivity contribution in [3.05, 3.63) is 23.6 Å². The molecular formula is C17H18N2O4S. The third-order valence-electron chi connectivity index (χ3n) is 4.14. The van der Waals surface area contributed by atoms with Crippen molar-refractivity contribution in [3.8, 4) is 22.8 Å². The van der Waals surface area contributed by atoms with Gasteiger partial charge in [0, 0.05) is 24.0 Å². The van der Waals surface area contributed by atoms with E-state index in [9.17, 15) is 4.79 Å². The van der Waals surface area contributed by atoms with Crippen molar-refractivity contribution in [3.63, 3.8) is 0 Å². The summed E-state index contributed by atoms with van der Waals surface area (Å²) in [5.41, 5.74) is 1.75. The highest BCUT2D eigenvalue weighted by Gasteiger charge is 2.18. The summed E-state index contributed by atoms with van der Waals surface area (Å²) >= 11 is 1.42. The van der Waals surface area contributed by atoms with Crippen molar-refractivity contribution < 1.29 is 19.0 Å². The molecule has 0 bridgehead atoms. The maximum Gasteiger partial charge on any atom is 0.231 e. The van der Waals surface area contributed by atoms with Gasteiger partial charge in [0.15, 0.2) is 16.6 Å². The predicted octanol–water partition coefficient (Wildman–Crippen LogP) is 3.44. The van der Waals surface area contributed by atoms with Crippen LogP contribution < -0.4 is 14.8 Å². The standard InChI is InChI=1S/C17H18N2O4S/c20-16(6-4-12-2-1-7-21-12)19-17-18-13(9-24-17)11-3-5-14-15(8-11)23-10-22-14/h3,5,8-9,12H,1-2,4,6-7,10H2,(H,18,19,20). The summed E-state index contributed by atoms with van der Waals surface area (Å²) in [6.07, 6.45) is 3.61. The number of aromatic nitrogens is 1. The third kappa shape index (κ3) is 3.37. The van der Waals surface area contributed by atoms with E-state index < -0.39 is 0 Å². The van der Waals surface area contributed by atoms with Gasteiger partial charge in [-0.2, -0.15) is 0 Å². The number of hydrogen-bond donors (Lipinski definition) is 1. The second-order valence-corrected chi connectivity index (χ2v) is 6.69. The molecule has 6 nitrogen and oxygen atoms in total. The molecule has 1 aromatic heterocycles. The fourth-order valence-corrected chi connectivity index (χ4v) is 3.60. The number of hydrogen-bond acceptors (Lipinski definition) is 6. The van der Waals surface area contributed by atoms with Crippen LogP contribution in [0, 0.1) is 0 Å². The first kappa shape index (κ1) is 15.4. The fraction of sp³-hybridized carbons (Fsp3) is 0.412. The number of ether oxygens (including phenoxy) is 3. The van der Waals surface area contributed by atoms with Crippen LogP contribution in [-0.2, 0) is 9.53 Å². The smallest absolute Gasteiger partial charge is 0.231 e. The van der Waals surface area contributed by atoms with Gasteiger partial charge in [-0.05, 0) is 37.5 Å². The summed E-state index contributed by atoms with van der Waals surface area (Å²) in [6.45, 7) is 1.07. The Morgan fingerprint density at radius 3 is 3.12 bits per heavy atom. The molecule has 0 saturated carbocycles. The molecule has 4 rings (SSSR count). The van der Waals surface area contributed by atoms with Gasteiger partial charge < -0.3 is 19.5 Å². The number of nitrogens with zero attached hydrogens (tertiary/aromatic N) is 1. The molecule has 24 heavy (non-hydrogen) atoms. The fourth-order valence-electron chi connectivity index (χ4n) is 2.87. The minimum absolute atomic E-state index is 0.0166. The number of carbonyl (C=O) groups excluding carboxylic acids is 1. The van der Waals surface area contributed by atoms with Crippen molar-refractivity contribution >= 4 is 22.4 Å². The van der Waals surface area contributed by atoms with E-state index in [0.717, 1.165) is 48.6 Å². The summed E-state index contributed by atoms with van der Waals surface area (Å²) in [4.78, 5) is 16.5. The highest BCUT2D eigenvalue weighted by atomic mass is 32.1. The number of fused-ring (bicyclic) bond motifs is 1. The average molecular weight is 346 g/mol. The topological polar surface area (TPSA) is 69.7 Å². The van der Waals surface area contributed by atoms with Gasteiger partial charge >= 0.3 is 0 Å². The normalized spacial score (nSPS) is 18.8. The predicted molar refractivity (Wildman–Crippen MR) is 90.5 cm³/mol. The summed E-state index contributed by atoms with van der Waals surface area (Å²) < 4.78 is 16.2. The maximum absolute atomic E-state index is 12.0. The second kappa shape index (κ2) is 6.78.